The van der Waals surface area contributed by atoms with Crippen molar-refractivity contribution in [3.05, 3.63) is 77.0 Å². The third kappa shape index (κ3) is 4.92. The molecular weight excluding hydrogens is 416 g/mol. The van der Waals surface area contributed by atoms with Gasteiger partial charge in [-0.15, -0.1) is 0 Å². The molecule has 1 aliphatic rings. The van der Waals surface area contributed by atoms with E-state index in [4.69, 9.17) is 26.4 Å². The minimum Gasteiger partial charge on any atom is -0.465 e. The largest absolute Gasteiger partial charge is 0.465 e. The van der Waals surface area contributed by atoms with Crippen LogP contribution in [0, 0.1) is 0 Å². The number of benzene rings is 2. The molecule has 162 valence electrons. The van der Waals surface area contributed by atoms with Gasteiger partial charge >= 0.3 is 11.9 Å². The van der Waals surface area contributed by atoms with Crippen molar-refractivity contribution in [3.63, 3.8) is 0 Å². The first kappa shape index (κ1) is 22.5. The van der Waals surface area contributed by atoms with Crippen LogP contribution in [0.5, 0.6) is 0 Å². The van der Waals surface area contributed by atoms with Gasteiger partial charge in [-0.2, -0.15) is 0 Å². The number of esters is 2. The van der Waals surface area contributed by atoms with Gasteiger partial charge in [-0.1, -0.05) is 30.3 Å². The second-order valence-corrected chi connectivity index (χ2v) is 7.18. The summed E-state index contributed by atoms with van der Waals surface area (Å²) in [4.78, 5) is 26.6. The van der Waals surface area contributed by atoms with Crippen molar-refractivity contribution in [2.45, 2.75) is 13.0 Å². The van der Waals surface area contributed by atoms with E-state index in [1.807, 2.05) is 42.2 Å². The molecule has 0 amide bonds. The highest BCUT2D eigenvalue weighted by atomic mass is 32.1. The molecule has 0 spiro atoms. The maximum atomic E-state index is 13.1. The summed E-state index contributed by atoms with van der Waals surface area (Å²) in [7, 11) is 2.87. The van der Waals surface area contributed by atoms with Crippen LogP contribution >= 0.6 is 12.2 Å². The number of thiocarbonyl (C=S) groups is 1. The standard InChI is InChI=1S/C23H24N2O5S/c1-15-19(22(27)30-14-13-28-2)20(16-9-11-17(12-10-16)21(26)29-3)24-23(31)25(15)18-7-5-4-6-8-18/h4-12,20H,13-14H2,1-3H3,(H,24,31)/t20-/m0/s1. The number of nitrogens with one attached hydrogen (secondary N) is 1. The van der Waals surface area contributed by atoms with E-state index in [-0.39, 0.29) is 6.61 Å². The number of carbonyl (C=O) groups excluding carboxylic acids is 2. The van der Waals surface area contributed by atoms with E-state index in [1.54, 1.807) is 31.4 Å². The van der Waals surface area contributed by atoms with Crippen LogP contribution < -0.4 is 10.2 Å². The zero-order valence-electron chi connectivity index (χ0n) is 17.6. The molecule has 2 aromatic rings. The third-order valence-electron chi connectivity index (χ3n) is 4.90. The summed E-state index contributed by atoms with van der Waals surface area (Å²) in [5.41, 5.74) is 3.11. The first-order chi connectivity index (χ1) is 15.0. The van der Waals surface area contributed by atoms with Crippen LogP contribution in [0.1, 0.15) is 28.9 Å². The molecule has 1 N–H and O–H groups in total. The van der Waals surface area contributed by atoms with Crippen molar-refractivity contribution in [1.29, 1.82) is 0 Å². The minimum absolute atomic E-state index is 0.135. The highest BCUT2D eigenvalue weighted by Gasteiger charge is 2.35. The average Bonchev–Trinajstić information content (AvgIpc) is 2.79. The number of hydrogen-bond acceptors (Lipinski definition) is 6. The van der Waals surface area contributed by atoms with Crippen LogP contribution in [0.4, 0.5) is 5.69 Å². The molecule has 0 saturated carbocycles. The maximum absolute atomic E-state index is 13.1. The highest BCUT2D eigenvalue weighted by molar-refractivity contribution is 7.80. The Morgan fingerprint density at radius 2 is 1.68 bits per heavy atom. The molecule has 1 heterocycles. The molecular formula is C23H24N2O5S. The molecule has 0 radical (unpaired) electrons. The Hall–Kier alpha value is -3.23. The fourth-order valence-corrected chi connectivity index (χ4v) is 3.73. The molecule has 0 aliphatic carbocycles. The number of hydrogen-bond donors (Lipinski definition) is 1. The number of ether oxygens (including phenoxy) is 3. The van der Waals surface area contributed by atoms with Crippen LogP contribution in [-0.2, 0) is 19.0 Å². The van der Waals surface area contributed by atoms with E-state index >= 15 is 0 Å². The van der Waals surface area contributed by atoms with Gasteiger partial charge < -0.3 is 19.5 Å². The van der Waals surface area contributed by atoms with Gasteiger partial charge in [-0.3, -0.25) is 4.90 Å². The molecule has 0 bridgehead atoms. The Labute approximate surface area is 186 Å². The van der Waals surface area contributed by atoms with E-state index in [1.165, 1.54) is 7.11 Å². The fraction of sp³-hybridized carbons (Fsp3) is 0.261. The summed E-state index contributed by atoms with van der Waals surface area (Å²) in [6, 6.07) is 15.8. The lowest BCUT2D eigenvalue weighted by Crippen LogP contribution is -2.48. The lowest BCUT2D eigenvalue weighted by atomic mass is 9.94. The predicted molar refractivity (Wildman–Crippen MR) is 121 cm³/mol. The summed E-state index contributed by atoms with van der Waals surface area (Å²) >= 11 is 5.63. The quantitative estimate of drug-likeness (QED) is 0.399. The predicted octanol–water partition coefficient (Wildman–Crippen LogP) is 3.37. The number of carbonyl (C=O) groups is 2. The van der Waals surface area contributed by atoms with E-state index in [9.17, 15) is 9.59 Å². The Morgan fingerprint density at radius 3 is 2.29 bits per heavy atom. The average molecular weight is 441 g/mol. The summed E-state index contributed by atoms with van der Waals surface area (Å²) in [6.45, 7) is 2.27. The molecule has 2 aromatic carbocycles. The van der Waals surface area contributed by atoms with Gasteiger partial charge in [0.1, 0.15) is 6.61 Å². The van der Waals surface area contributed by atoms with Crippen molar-refractivity contribution in [3.8, 4) is 0 Å². The molecule has 0 fully saturated rings. The Bertz CT molecular complexity index is 989. The van der Waals surface area contributed by atoms with Gasteiger partial charge in [0, 0.05) is 18.5 Å². The van der Waals surface area contributed by atoms with Crippen LogP contribution in [0.2, 0.25) is 0 Å². The second-order valence-electron chi connectivity index (χ2n) is 6.79. The van der Waals surface area contributed by atoms with Crippen LogP contribution in [0.15, 0.2) is 65.9 Å². The molecule has 1 atom stereocenters. The van der Waals surface area contributed by atoms with Gasteiger partial charge in [-0.05, 0) is 49.0 Å². The number of para-hydroxylation sites is 1. The number of methoxy groups -OCH3 is 2. The van der Waals surface area contributed by atoms with Gasteiger partial charge in [0.05, 0.1) is 30.9 Å². The van der Waals surface area contributed by atoms with Crippen LogP contribution in [0.25, 0.3) is 0 Å². The summed E-state index contributed by atoms with van der Waals surface area (Å²) in [5.74, 6) is -0.896. The highest BCUT2D eigenvalue weighted by Crippen LogP contribution is 2.34. The van der Waals surface area contributed by atoms with Crippen LogP contribution in [-0.4, -0.2) is 44.5 Å². The normalized spacial score (nSPS) is 16.0. The Balaban J connectivity index is 2.03. The van der Waals surface area contributed by atoms with Gasteiger partial charge in [0.25, 0.3) is 0 Å². The number of rotatable bonds is 7. The fourth-order valence-electron chi connectivity index (χ4n) is 3.37. The smallest absolute Gasteiger partial charge is 0.338 e. The second kappa shape index (κ2) is 10.2. The topological polar surface area (TPSA) is 77.1 Å². The molecule has 0 unspecified atom stereocenters. The zero-order valence-corrected chi connectivity index (χ0v) is 18.4. The van der Waals surface area contributed by atoms with E-state index in [2.05, 4.69) is 5.32 Å². The molecule has 1 aliphatic heterocycles. The molecule has 8 heteroatoms. The summed E-state index contributed by atoms with van der Waals surface area (Å²) < 4.78 is 15.2. The van der Waals surface area contributed by atoms with E-state index in [0.717, 1.165) is 11.3 Å². The number of nitrogens with zero attached hydrogens (tertiary/aromatic N) is 1. The number of anilines is 1. The zero-order chi connectivity index (χ0) is 22.4. The maximum Gasteiger partial charge on any atom is 0.338 e. The summed E-state index contributed by atoms with van der Waals surface area (Å²) in [5, 5.41) is 3.70. The van der Waals surface area contributed by atoms with E-state index in [0.29, 0.717) is 28.6 Å². The minimum atomic E-state index is -0.533. The monoisotopic (exact) mass is 440 g/mol. The van der Waals surface area contributed by atoms with Crippen molar-refractivity contribution in [1.82, 2.24) is 5.32 Å². The summed E-state index contributed by atoms with van der Waals surface area (Å²) in [6.07, 6.45) is 0. The van der Waals surface area contributed by atoms with Gasteiger partial charge in [-0.25, -0.2) is 9.59 Å². The van der Waals surface area contributed by atoms with Gasteiger partial charge in [0.15, 0.2) is 5.11 Å². The molecule has 0 aromatic heterocycles. The Kier molecular flexibility index (Phi) is 7.38. The molecule has 31 heavy (non-hydrogen) atoms. The van der Waals surface area contributed by atoms with Crippen molar-refractivity contribution < 1.29 is 23.8 Å². The van der Waals surface area contributed by atoms with Crippen molar-refractivity contribution in [2.24, 2.45) is 0 Å². The molecule has 0 saturated heterocycles. The number of allylic oxidation sites excluding steroid dienone is 1. The first-order valence-electron chi connectivity index (χ1n) is 9.68. The van der Waals surface area contributed by atoms with Gasteiger partial charge in [0.2, 0.25) is 0 Å². The lowest BCUT2D eigenvalue weighted by Gasteiger charge is -2.37. The van der Waals surface area contributed by atoms with Crippen LogP contribution in [0.3, 0.4) is 0 Å². The molecule has 3 rings (SSSR count). The van der Waals surface area contributed by atoms with E-state index < -0.39 is 18.0 Å². The molecule has 7 nitrogen and oxygen atoms in total. The SMILES string of the molecule is COCCOC(=O)C1=C(C)N(c2ccccc2)C(=S)N[C@H]1c1ccc(C(=O)OC)cc1. The third-order valence-corrected chi connectivity index (χ3v) is 5.21. The van der Waals surface area contributed by atoms with Crippen molar-refractivity contribution in [2.75, 3.05) is 32.3 Å². The Morgan fingerprint density at radius 1 is 1.00 bits per heavy atom. The lowest BCUT2D eigenvalue weighted by molar-refractivity contribution is -0.140. The van der Waals surface area contributed by atoms with Crippen molar-refractivity contribution >= 4 is 35.0 Å². The first-order valence-corrected chi connectivity index (χ1v) is 10.1.